The number of hydrogen-bond acceptors (Lipinski definition) is 8. The lowest BCUT2D eigenvalue weighted by molar-refractivity contribution is -0.156. The Labute approximate surface area is 201 Å². The van der Waals surface area contributed by atoms with Crippen LogP contribution >= 0.6 is 0 Å². The molecule has 0 saturated heterocycles. The largest absolute Gasteiger partial charge is 0.508 e. The van der Waals surface area contributed by atoms with Crippen LogP contribution in [-0.4, -0.2) is 49.4 Å². The standard InChI is InChI=1S/C25H16O11/c1-24(22(31)32,23(33)34)18-14(27)9-16-19(17(18)20(28)29)25(13-7-6-10(26)8-15(13)35-16)12-5-3-2-4-11(12)21(30)36-25/h2-9,26-27H,1H3,(H,28,29)(H,31,32)(H,33,34). The Kier molecular flexibility index (Phi) is 4.56. The first-order valence-electron chi connectivity index (χ1n) is 10.4. The van der Waals surface area contributed by atoms with Gasteiger partial charge in [0.05, 0.1) is 16.7 Å². The van der Waals surface area contributed by atoms with E-state index in [1.807, 2.05) is 0 Å². The van der Waals surface area contributed by atoms with Crippen LogP contribution in [-0.2, 0) is 25.3 Å². The Morgan fingerprint density at radius 2 is 1.56 bits per heavy atom. The fourth-order valence-electron chi connectivity index (χ4n) is 4.84. The number of ether oxygens (including phenoxy) is 2. The van der Waals surface area contributed by atoms with E-state index in [9.17, 15) is 44.7 Å². The number of esters is 1. The van der Waals surface area contributed by atoms with E-state index in [2.05, 4.69) is 0 Å². The van der Waals surface area contributed by atoms with Gasteiger partial charge in [-0.1, -0.05) is 18.2 Å². The summed E-state index contributed by atoms with van der Waals surface area (Å²) in [6.45, 7) is 0.739. The van der Waals surface area contributed by atoms with Gasteiger partial charge in [-0.2, -0.15) is 0 Å². The lowest BCUT2D eigenvalue weighted by Crippen LogP contribution is -2.44. The molecule has 0 amide bonds. The molecule has 5 N–H and O–H groups in total. The quantitative estimate of drug-likeness (QED) is 0.266. The van der Waals surface area contributed by atoms with Crippen LogP contribution in [0.5, 0.6) is 23.0 Å². The number of aromatic carboxylic acids is 1. The van der Waals surface area contributed by atoms with Crippen LogP contribution in [0.2, 0.25) is 0 Å². The van der Waals surface area contributed by atoms with Crippen LogP contribution < -0.4 is 4.74 Å². The molecule has 5 rings (SSSR count). The summed E-state index contributed by atoms with van der Waals surface area (Å²) in [5, 5.41) is 50.7. The minimum atomic E-state index is -2.91. The van der Waals surface area contributed by atoms with E-state index in [0.29, 0.717) is 0 Å². The lowest BCUT2D eigenvalue weighted by atomic mass is 9.71. The third kappa shape index (κ3) is 2.67. The number of fused-ring (bicyclic) bond motifs is 6. The second-order valence-electron chi connectivity index (χ2n) is 8.46. The predicted octanol–water partition coefficient (Wildman–Crippen LogP) is 2.79. The van der Waals surface area contributed by atoms with Crippen molar-refractivity contribution in [3.8, 4) is 23.0 Å². The van der Waals surface area contributed by atoms with Crippen LogP contribution in [0.4, 0.5) is 0 Å². The summed E-state index contributed by atoms with van der Waals surface area (Å²) in [6.07, 6.45) is 0. The average Bonchev–Trinajstić information content (AvgIpc) is 3.10. The molecule has 11 nitrogen and oxygen atoms in total. The van der Waals surface area contributed by atoms with Crippen LogP contribution in [0.25, 0.3) is 0 Å². The summed E-state index contributed by atoms with van der Waals surface area (Å²) in [7, 11) is 0. The van der Waals surface area contributed by atoms with Gasteiger partial charge >= 0.3 is 23.9 Å². The van der Waals surface area contributed by atoms with Gasteiger partial charge in [0.1, 0.15) is 23.0 Å². The number of phenols is 2. The number of hydrogen-bond donors (Lipinski definition) is 5. The molecule has 2 aliphatic rings. The summed E-state index contributed by atoms with van der Waals surface area (Å²) in [5.41, 5.74) is -6.82. The number of benzene rings is 3. The number of aliphatic carboxylic acids is 2. The Morgan fingerprint density at radius 3 is 2.19 bits per heavy atom. The molecule has 1 atom stereocenters. The number of carbonyl (C=O) groups is 4. The molecule has 1 spiro atoms. The van der Waals surface area contributed by atoms with Crippen LogP contribution in [0.3, 0.4) is 0 Å². The summed E-state index contributed by atoms with van der Waals surface area (Å²) >= 11 is 0. The number of rotatable bonds is 4. The molecule has 0 saturated carbocycles. The van der Waals surface area contributed by atoms with Crippen molar-refractivity contribution in [2.24, 2.45) is 0 Å². The van der Waals surface area contributed by atoms with Gasteiger partial charge in [-0.3, -0.25) is 9.59 Å². The summed E-state index contributed by atoms with van der Waals surface area (Å²) in [5.74, 6) is -8.08. The molecule has 0 bridgehead atoms. The molecule has 1 unspecified atom stereocenters. The number of phenolic OH excluding ortho intramolecular Hbond substituents is 2. The van der Waals surface area contributed by atoms with Gasteiger partial charge in [0.25, 0.3) is 0 Å². The maximum absolute atomic E-state index is 13.0. The number of carboxylic acid groups (broad SMARTS) is 3. The SMILES string of the molecule is CC(C(=O)O)(C(=O)O)c1c(O)cc2c(c1C(=O)O)C1(OC(=O)c3ccccc31)c1ccc(O)cc1O2. The van der Waals surface area contributed by atoms with Crippen molar-refractivity contribution in [2.45, 2.75) is 17.9 Å². The fraction of sp³-hybridized carbons (Fsp3) is 0.120. The predicted molar refractivity (Wildman–Crippen MR) is 118 cm³/mol. The minimum absolute atomic E-state index is 0.0327. The molecule has 3 aromatic rings. The molecule has 3 aromatic carbocycles. The van der Waals surface area contributed by atoms with Crippen molar-refractivity contribution in [3.05, 3.63) is 81.9 Å². The van der Waals surface area contributed by atoms with Crippen LogP contribution in [0.1, 0.15) is 49.9 Å². The Balaban J connectivity index is 2.02. The fourth-order valence-corrected chi connectivity index (χ4v) is 4.84. The topological polar surface area (TPSA) is 188 Å². The van der Waals surface area contributed by atoms with E-state index >= 15 is 0 Å². The molecule has 11 heteroatoms. The van der Waals surface area contributed by atoms with Gasteiger partial charge in [0.15, 0.2) is 11.0 Å². The first-order valence-corrected chi connectivity index (χ1v) is 10.4. The van der Waals surface area contributed by atoms with Crippen LogP contribution in [0.15, 0.2) is 48.5 Å². The molecular weight excluding hydrogens is 476 g/mol. The summed E-state index contributed by atoms with van der Waals surface area (Å²) in [4.78, 5) is 49.9. The van der Waals surface area contributed by atoms with Crippen molar-refractivity contribution in [3.63, 3.8) is 0 Å². The van der Waals surface area contributed by atoms with E-state index in [-0.39, 0.29) is 39.5 Å². The highest BCUT2D eigenvalue weighted by atomic mass is 16.6. The molecule has 36 heavy (non-hydrogen) atoms. The van der Waals surface area contributed by atoms with E-state index in [4.69, 9.17) is 9.47 Å². The Bertz CT molecular complexity index is 1520. The highest BCUT2D eigenvalue weighted by Gasteiger charge is 2.58. The molecule has 0 aliphatic carbocycles. The van der Waals surface area contributed by atoms with E-state index in [0.717, 1.165) is 13.0 Å². The minimum Gasteiger partial charge on any atom is -0.508 e. The monoisotopic (exact) mass is 492 g/mol. The molecule has 0 fully saturated rings. The smallest absolute Gasteiger partial charge is 0.340 e. The van der Waals surface area contributed by atoms with Crippen molar-refractivity contribution < 1.29 is 54.2 Å². The maximum atomic E-state index is 13.0. The highest BCUT2D eigenvalue weighted by molar-refractivity contribution is 6.09. The maximum Gasteiger partial charge on any atom is 0.340 e. The molecule has 0 radical (unpaired) electrons. The molecule has 182 valence electrons. The third-order valence-corrected chi connectivity index (χ3v) is 6.53. The highest BCUT2D eigenvalue weighted by Crippen LogP contribution is 2.59. The zero-order chi connectivity index (χ0) is 26.2. The average molecular weight is 492 g/mol. The molecule has 2 heterocycles. The Morgan fingerprint density at radius 1 is 0.889 bits per heavy atom. The van der Waals surface area contributed by atoms with E-state index in [1.54, 1.807) is 12.1 Å². The Hall–Kier alpha value is -5.06. The van der Waals surface area contributed by atoms with Gasteiger partial charge in [0.2, 0.25) is 0 Å². The third-order valence-electron chi connectivity index (χ3n) is 6.53. The van der Waals surface area contributed by atoms with Crippen molar-refractivity contribution >= 4 is 23.9 Å². The van der Waals surface area contributed by atoms with Crippen molar-refractivity contribution in [2.75, 3.05) is 0 Å². The van der Waals surface area contributed by atoms with Crippen LogP contribution in [0, 0.1) is 0 Å². The number of carboxylic acids is 3. The first-order chi connectivity index (χ1) is 16.9. The molecule has 0 aromatic heterocycles. The normalized spacial score (nSPS) is 17.4. The molecule has 2 aliphatic heterocycles. The van der Waals surface area contributed by atoms with Gasteiger partial charge in [-0.15, -0.1) is 0 Å². The first kappa shape index (κ1) is 22.7. The van der Waals surface area contributed by atoms with Gasteiger partial charge < -0.3 is 35.0 Å². The summed E-state index contributed by atoms with van der Waals surface area (Å²) < 4.78 is 11.6. The van der Waals surface area contributed by atoms with E-state index < -0.39 is 51.8 Å². The number of aromatic hydroxyl groups is 2. The van der Waals surface area contributed by atoms with Gasteiger partial charge in [-0.25, -0.2) is 9.59 Å². The van der Waals surface area contributed by atoms with Crippen molar-refractivity contribution in [1.29, 1.82) is 0 Å². The number of carbonyl (C=O) groups excluding carboxylic acids is 1. The second kappa shape index (κ2) is 7.22. The van der Waals surface area contributed by atoms with Gasteiger partial charge in [-0.05, 0) is 25.1 Å². The zero-order valence-electron chi connectivity index (χ0n) is 18.3. The molecular formula is C25H16O11. The summed E-state index contributed by atoms with van der Waals surface area (Å²) in [6, 6.07) is 10.7. The van der Waals surface area contributed by atoms with Crippen molar-refractivity contribution in [1.82, 2.24) is 0 Å². The second-order valence-corrected chi connectivity index (χ2v) is 8.46. The lowest BCUT2D eigenvalue weighted by Gasteiger charge is -2.38. The van der Waals surface area contributed by atoms with E-state index in [1.165, 1.54) is 30.3 Å². The van der Waals surface area contributed by atoms with Gasteiger partial charge in [0, 0.05) is 28.8 Å². The zero-order valence-corrected chi connectivity index (χ0v) is 18.3.